The number of aromatic nitrogens is 2. The summed E-state index contributed by atoms with van der Waals surface area (Å²) in [5.74, 6) is 0.491. The van der Waals surface area contributed by atoms with Crippen molar-refractivity contribution in [1.82, 2.24) is 9.78 Å². The van der Waals surface area contributed by atoms with Crippen molar-refractivity contribution in [3.8, 4) is 0 Å². The van der Waals surface area contributed by atoms with E-state index in [0.717, 1.165) is 11.3 Å². The van der Waals surface area contributed by atoms with E-state index in [2.05, 4.69) is 10.4 Å². The third kappa shape index (κ3) is 2.20. The number of amides is 1. The zero-order valence-electron chi connectivity index (χ0n) is 10.2. The molecule has 2 rings (SSSR count). The van der Waals surface area contributed by atoms with Gasteiger partial charge in [-0.2, -0.15) is 5.10 Å². The molecule has 0 radical (unpaired) electrons. The van der Waals surface area contributed by atoms with Crippen LogP contribution < -0.4 is 5.32 Å². The molecule has 0 fully saturated rings. The maximum atomic E-state index is 11.9. The van der Waals surface area contributed by atoms with Crippen LogP contribution in [0.25, 0.3) is 0 Å². The molecule has 0 spiro atoms. The van der Waals surface area contributed by atoms with Crippen LogP contribution in [0.2, 0.25) is 0 Å². The Morgan fingerprint density at radius 3 is 2.41 bits per heavy atom. The normalized spacial score (nSPS) is 10.3. The van der Waals surface area contributed by atoms with Crippen LogP contribution in [0.5, 0.6) is 0 Å². The van der Waals surface area contributed by atoms with Crippen LogP contribution in [0.15, 0.2) is 30.3 Å². The molecule has 88 valence electrons. The highest BCUT2D eigenvalue weighted by Crippen LogP contribution is 2.16. The average molecular weight is 229 g/mol. The van der Waals surface area contributed by atoms with Crippen molar-refractivity contribution in [1.29, 1.82) is 0 Å². The molecule has 0 atom stereocenters. The number of hydrogen-bond donors (Lipinski definition) is 1. The van der Waals surface area contributed by atoms with Crippen molar-refractivity contribution in [3.05, 3.63) is 47.2 Å². The van der Waals surface area contributed by atoms with Gasteiger partial charge in [-0.1, -0.05) is 18.2 Å². The molecule has 1 N–H and O–H groups in total. The lowest BCUT2D eigenvalue weighted by atomic mass is 10.2. The Kier molecular flexibility index (Phi) is 2.95. The minimum absolute atomic E-state index is 0.133. The van der Waals surface area contributed by atoms with Gasteiger partial charge in [0.1, 0.15) is 0 Å². The van der Waals surface area contributed by atoms with Gasteiger partial charge in [0, 0.05) is 23.9 Å². The molecule has 17 heavy (non-hydrogen) atoms. The topological polar surface area (TPSA) is 46.9 Å². The van der Waals surface area contributed by atoms with Gasteiger partial charge in [-0.05, 0) is 26.0 Å². The number of carbonyl (C=O) groups is 1. The monoisotopic (exact) mass is 229 g/mol. The lowest BCUT2D eigenvalue weighted by Crippen LogP contribution is -2.12. The first-order valence-corrected chi connectivity index (χ1v) is 5.46. The van der Waals surface area contributed by atoms with Gasteiger partial charge in [0.15, 0.2) is 5.82 Å². The molecule has 0 bridgehead atoms. The largest absolute Gasteiger partial charge is 0.305 e. The van der Waals surface area contributed by atoms with Gasteiger partial charge in [0.2, 0.25) is 0 Å². The average Bonchev–Trinajstić information content (AvgIpc) is 2.58. The molecular formula is C13H15N3O. The number of nitrogens with one attached hydrogen (secondary N) is 1. The lowest BCUT2D eigenvalue weighted by molar-refractivity contribution is 0.102. The van der Waals surface area contributed by atoms with Gasteiger partial charge >= 0.3 is 0 Å². The predicted octanol–water partition coefficient (Wildman–Crippen LogP) is 2.29. The van der Waals surface area contributed by atoms with Crippen LogP contribution in [-0.4, -0.2) is 15.7 Å². The number of nitrogens with zero attached hydrogens (tertiary/aromatic N) is 2. The quantitative estimate of drug-likeness (QED) is 0.858. The zero-order chi connectivity index (χ0) is 12.4. The third-order valence-electron chi connectivity index (χ3n) is 2.90. The maximum Gasteiger partial charge on any atom is 0.256 e. The van der Waals surface area contributed by atoms with E-state index < -0.39 is 0 Å². The van der Waals surface area contributed by atoms with E-state index in [4.69, 9.17) is 0 Å². The first-order chi connectivity index (χ1) is 8.09. The summed E-state index contributed by atoms with van der Waals surface area (Å²) in [5, 5.41) is 7.08. The number of carbonyl (C=O) groups excluding carboxylic acids is 1. The summed E-state index contributed by atoms with van der Waals surface area (Å²) in [6.07, 6.45) is 0. The molecule has 0 aliphatic carbocycles. The standard InChI is InChI=1S/C13H15N3O/c1-9-10(2)16(3)15-12(9)14-13(17)11-7-5-4-6-8-11/h4-8H,1-3H3,(H,14,15,17). The van der Waals surface area contributed by atoms with Crippen LogP contribution >= 0.6 is 0 Å². The van der Waals surface area contributed by atoms with Crippen molar-refractivity contribution in [3.63, 3.8) is 0 Å². The van der Waals surface area contributed by atoms with E-state index in [9.17, 15) is 4.79 Å². The molecule has 1 aromatic heterocycles. The summed E-state index contributed by atoms with van der Waals surface area (Å²) in [4.78, 5) is 11.9. The van der Waals surface area contributed by atoms with Crippen LogP contribution in [0.3, 0.4) is 0 Å². The molecule has 1 amide bonds. The smallest absolute Gasteiger partial charge is 0.256 e. The highest BCUT2D eigenvalue weighted by atomic mass is 16.1. The lowest BCUT2D eigenvalue weighted by Gasteiger charge is -2.02. The Bertz CT molecular complexity index is 543. The van der Waals surface area contributed by atoms with Crippen LogP contribution in [0.1, 0.15) is 21.6 Å². The van der Waals surface area contributed by atoms with E-state index in [-0.39, 0.29) is 5.91 Å². The van der Waals surface area contributed by atoms with E-state index in [1.54, 1.807) is 16.8 Å². The Morgan fingerprint density at radius 2 is 1.88 bits per heavy atom. The highest BCUT2D eigenvalue weighted by Gasteiger charge is 2.12. The van der Waals surface area contributed by atoms with Crippen molar-refractivity contribution in [2.75, 3.05) is 5.32 Å². The molecule has 1 aromatic carbocycles. The molecule has 2 aromatic rings. The van der Waals surface area contributed by atoms with Gasteiger partial charge in [-0.15, -0.1) is 0 Å². The minimum Gasteiger partial charge on any atom is -0.305 e. The number of hydrogen-bond acceptors (Lipinski definition) is 2. The van der Waals surface area contributed by atoms with Gasteiger partial charge in [-0.25, -0.2) is 0 Å². The van der Waals surface area contributed by atoms with E-state index in [1.165, 1.54) is 0 Å². The third-order valence-corrected chi connectivity index (χ3v) is 2.90. The van der Waals surface area contributed by atoms with Crippen LogP contribution in [0, 0.1) is 13.8 Å². The van der Waals surface area contributed by atoms with E-state index in [1.807, 2.05) is 39.1 Å². The minimum atomic E-state index is -0.133. The predicted molar refractivity (Wildman–Crippen MR) is 67.1 cm³/mol. The summed E-state index contributed by atoms with van der Waals surface area (Å²) in [6.45, 7) is 3.92. The summed E-state index contributed by atoms with van der Waals surface area (Å²) in [6, 6.07) is 9.12. The van der Waals surface area contributed by atoms with Gasteiger partial charge < -0.3 is 5.32 Å². The van der Waals surface area contributed by atoms with E-state index >= 15 is 0 Å². The number of aryl methyl sites for hydroxylation is 1. The molecule has 0 aliphatic rings. The van der Waals surface area contributed by atoms with Gasteiger partial charge in [-0.3, -0.25) is 9.48 Å². The Labute approximate surface area is 100 Å². The number of anilines is 1. The van der Waals surface area contributed by atoms with Crippen LogP contribution in [-0.2, 0) is 7.05 Å². The zero-order valence-corrected chi connectivity index (χ0v) is 10.2. The summed E-state index contributed by atoms with van der Waals surface area (Å²) in [7, 11) is 1.86. The van der Waals surface area contributed by atoms with E-state index in [0.29, 0.717) is 11.4 Å². The van der Waals surface area contributed by atoms with Gasteiger partial charge in [0.25, 0.3) is 5.91 Å². The molecule has 4 nitrogen and oxygen atoms in total. The van der Waals surface area contributed by atoms with Gasteiger partial charge in [0.05, 0.1) is 0 Å². The second-order valence-electron chi connectivity index (χ2n) is 4.00. The van der Waals surface area contributed by atoms with Crippen molar-refractivity contribution in [2.45, 2.75) is 13.8 Å². The molecule has 4 heteroatoms. The summed E-state index contributed by atoms with van der Waals surface area (Å²) in [5.41, 5.74) is 2.68. The SMILES string of the molecule is Cc1c(NC(=O)c2ccccc2)nn(C)c1C. The first-order valence-electron chi connectivity index (χ1n) is 5.46. The second kappa shape index (κ2) is 4.41. The van der Waals surface area contributed by atoms with Crippen molar-refractivity contribution < 1.29 is 4.79 Å². The Balaban J connectivity index is 2.22. The Morgan fingerprint density at radius 1 is 1.24 bits per heavy atom. The highest BCUT2D eigenvalue weighted by molar-refractivity contribution is 6.04. The fourth-order valence-corrected chi connectivity index (χ4v) is 1.60. The molecular weight excluding hydrogens is 214 g/mol. The summed E-state index contributed by atoms with van der Waals surface area (Å²) >= 11 is 0. The number of rotatable bonds is 2. The molecule has 1 heterocycles. The summed E-state index contributed by atoms with van der Waals surface area (Å²) < 4.78 is 1.76. The fourth-order valence-electron chi connectivity index (χ4n) is 1.60. The second-order valence-corrected chi connectivity index (χ2v) is 4.00. The van der Waals surface area contributed by atoms with Crippen molar-refractivity contribution >= 4 is 11.7 Å². The van der Waals surface area contributed by atoms with Crippen LogP contribution in [0.4, 0.5) is 5.82 Å². The molecule has 0 saturated heterocycles. The van der Waals surface area contributed by atoms with Crippen molar-refractivity contribution in [2.24, 2.45) is 7.05 Å². The maximum absolute atomic E-state index is 11.9. The fraction of sp³-hybridized carbons (Fsp3) is 0.231. The number of benzene rings is 1. The molecule has 0 unspecified atom stereocenters. The molecule has 0 aliphatic heterocycles. The first kappa shape index (κ1) is 11.4. The Hall–Kier alpha value is -2.10. The molecule has 0 saturated carbocycles.